The molecule has 0 fully saturated rings. The van der Waals surface area contributed by atoms with Crippen molar-refractivity contribution in [2.24, 2.45) is 0 Å². The number of esters is 1. The van der Waals surface area contributed by atoms with Gasteiger partial charge in [0.1, 0.15) is 5.82 Å². The molecule has 1 N–H and O–H groups in total. The summed E-state index contributed by atoms with van der Waals surface area (Å²) in [5.74, 6) is -1.41. The number of anilines is 1. The molecule has 0 saturated heterocycles. The van der Waals surface area contributed by atoms with E-state index < -0.39 is 18.5 Å². The monoisotopic (exact) mass is 428 g/mol. The van der Waals surface area contributed by atoms with Crippen molar-refractivity contribution in [2.45, 2.75) is 13.3 Å². The third-order valence-corrected chi connectivity index (χ3v) is 5.08. The van der Waals surface area contributed by atoms with Gasteiger partial charge >= 0.3 is 5.97 Å². The topological polar surface area (TPSA) is 68.3 Å². The van der Waals surface area contributed by atoms with Crippen LogP contribution in [0.15, 0.2) is 78.9 Å². The van der Waals surface area contributed by atoms with Gasteiger partial charge in [0.25, 0.3) is 5.91 Å². The summed E-state index contributed by atoms with van der Waals surface area (Å²) in [6.45, 7) is 1.58. The first-order chi connectivity index (χ1) is 15.5. The second-order valence-electron chi connectivity index (χ2n) is 7.21. The van der Waals surface area contributed by atoms with E-state index in [0.29, 0.717) is 27.8 Å². The third-order valence-electron chi connectivity index (χ3n) is 5.08. The predicted octanol–water partition coefficient (Wildman–Crippen LogP) is 5.40. The van der Waals surface area contributed by atoms with E-state index in [-0.39, 0.29) is 11.4 Å². The van der Waals surface area contributed by atoms with Gasteiger partial charge in [-0.1, -0.05) is 43.3 Å². The minimum Gasteiger partial charge on any atom is -0.452 e. The van der Waals surface area contributed by atoms with Crippen LogP contribution in [0.3, 0.4) is 0 Å². The van der Waals surface area contributed by atoms with Gasteiger partial charge in [0.2, 0.25) is 0 Å². The molecule has 4 rings (SSSR count). The lowest BCUT2D eigenvalue weighted by molar-refractivity contribution is -0.119. The number of para-hydroxylation sites is 2. The van der Waals surface area contributed by atoms with Crippen molar-refractivity contribution < 1.29 is 18.7 Å². The molecular weight excluding hydrogens is 407 g/mol. The maximum absolute atomic E-state index is 13.3. The summed E-state index contributed by atoms with van der Waals surface area (Å²) >= 11 is 0. The molecule has 3 aromatic carbocycles. The number of nitrogens with one attached hydrogen (secondary N) is 1. The highest BCUT2D eigenvalue weighted by Crippen LogP contribution is 2.25. The average Bonchev–Trinajstić information content (AvgIpc) is 2.82. The Morgan fingerprint density at radius 2 is 1.69 bits per heavy atom. The number of aryl methyl sites for hydroxylation is 1. The van der Waals surface area contributed by atoms with Crippen LogP contribution in [-0.4, -0.2) is 23.5 Å². The highest BCUT2D eigenvalue weighted by molar-refractivity contribution is 6.05. The number of nitrogens with zero attached hydrogens (tertiary/aromatic N) is 1. The van der Waals surface area contributed by atoms with Crippen molar-refractivity contribution in [2.75, 3.05) is 11.9 Å². The average molecular weight is 428 g/mol. The number of halogens is 1. The number of carbonyl (C=O) groups is 2. The first-order valence-electron chi connectivity index (χ1n) is 10.3. The Hall–Kier alpha value is -4.06. The molecule has 0 aliphatic heterocycles. The Labute approximate surface area is 184 Å². The van der Waals surface area contributed by atoms with Crippen molar-refractivity contribution in [3.63, 3.8) is 0 Å². The maximum Gasteiger partial charge on any atom is 0.339 e. The molecule has 0 radical (unpaired) electrons. The van der Waals surface area contributed by atoms with Crippen LogP contribution in [-0.2, 0) is 16.0 Å². The maximum atomic E-state index is 13.3. The molecule has 6 heteroatoms. The van der Waals surface area contributed by atoms with Crippen molar-refractivity contribution in [3.8, 4) is 11.3 Å². The number of carbonyl (C=O) groups excluding carboxylic acids is 2. The van der Waals surface area contributed by atoms with E-state index in [1.165, 1.54) is 12.1 Å². The quantitative estimate of drug-likeness (QED) is 0.418. The number of ether oxygens (including phenoxy) is 1. The van der Waals surface area contributed by atoms with Crippen LogP contribution in [0.4, 0.5) is 10.1 Å². The van der Waals surface area contributed by atoms with Crippen molar-refractivity contribution in [1.29, 1.82) is 0 Å². The zero-order valence-corrected chi connectivity index (χ0v) is 17.5. The zero-order chi connectivity index (χ0) is 22.5. The Morgan fingerprint density at radius 3 is 2.47 bits per heavy atom. The molecule has 0 aliphatic carbocycles. The first-order valence-corrected chi connectivity index (χ1v) is 10.3. The number of amides is 1. The second-order valence-corrected chi connectivity index (χ2v) is 7.21. The Kier molecular flexibility index (Phi) is 6.22. The van der Waals surface area contributed by atoms with E-state index in [9.17, 15) is 14.0 Å². The summed E-state index contributed by atoms with van der Waals surface area (Å²) in [6.07, 6.45) is 0.769. The molecule has 160 valence electrons. The fourth-order valence-corrected chi connectivity index (χ4v) is 3.46. The largest absolute Gasteiger partial charge is 0.452 e. The van der Waals surface area contributed by atoms with E-state index in [2.05, 4.69) is 10.3 Å². The highest BCUT2D eigenvalue weighted by atomic mass is 19.1. The molecule has 1 aromatic heterocycles. The first kappa shape index (κ1) is 21.2. The number of pyridine rings is 1. The second kappa shape index (κ2) is 9.39. The van der Waals surface area contributed by atoms with Crippen LogP contribution >= 0.6 is 0 Å². The van der Waals surface area contributed by atoms with E-state index >= 15 is 0 Å². The molecule has 5 nitrogen and oxygen atoms in total. The van der Waals surface area contributed by atoms with Crippen LogP contribution in [0.1, 0.15) is 22.8 Å². The summed E-state index contributed by atoms with van der Waals surface area (Å²) in [4.78, 5) is 29.8. The number of fused-ring (bicyclic) bond motifs is 1. The molecule has 0 unspecified atom stereocenters. The summed E-state index contributed by atoms with van der Waals surface area (Å²) in [5.41, 5.74) is 3.76. The summed E-state index contributed by atoms with van der Waals surface area (Å²) in [5, 5.41) is 3.40. The predicted molar refractivity (Wildman–Crippen MR) is 122 cm³/mol. The van der Waals surface area contributed by atoms with Gasteiger partial charge in [-0.2, -0.15) is 0 Å². The Bertz CT molecular complexity index is 1290. The summed E-state index contributed by atoms with van der Waals surface area (Å²) < 4.78 is 18.6. The molecule has 0 aliphatic rings. The van der Waals surface area contributed by atoms with Gasteiger partial charge in [-0.25, -0.2) is 14.2 Å². The van der Waals surface area contributed by atoms with Crippen molar-refractivity contribution >= 4 is 28.5 Å². The van der Waals surface area contributed by atoms with Gasteiger partial charge in [0.15, 0.2) is 6.61 Å². The summed E-state index contributed by atoms with van der Waals surface area (Å²) in [7, 11) is 0. The van der Waals surface area contributed by atoms with Crippen LogP contribution in [0.5, 0.6) is 0 Å². The standard InChI is InChI=1S/C26H21FN2O3/c1-2-17-7-3-5-9-22(17)29-25(30)16-32-26(31)21-15-24(18-11-13-19(27)14-12-18)28-23-10-6-4-8-20(21)23/h3-15H,2,16H2,1H3,(H,29,30). The molecular formula is C26H21FN2O3. The van der Waals surface area contributed by atoms with Crippen molar-refractivity contribution in [1.82, 2.24) is 4.98 Å². The van der Waals surface area contributed by atoms with Crippen LogP contribution in [0.2, 0.25) is 0 Å². The zero-order valence-electron chi connectivity index (χ0n) is 17.5. The highest BCUT2D eigenvalue weighted by Gasteiger charge is 2.17. The minimum atomic E-state index is -0.633. The van der Waals surface area contributed by atoms with E-state index in [1.807, 2.05) is 37.3 Å². The lowest BCUT2D eigenvalue weighted by Crippen LogP contribution is -2.21. The van der Waals surface area contributed by atoms with Gasteiger partial charge in [-0.3, -0.25) is 4.79 Å². The van der Waals surface area contributed by atoms with Crippen LogP contribution < -0.4 is 5.32 Å². The van der Waals surface area contributed by atoms with E-state index in [0.717, 1.165) is 12.0 Å². The minimum absolute atomic E-state index is 0.289. The Balaban J connectivity index is 1.56. The molecule has 4 aromatic rings. The van der Waals surface area contributed by atoms with Gasteiger partial charge in [-0.15, -0.1) is 0 Å². The molecule has 0 saturated carbocycles. The van der Waals surface area contributed by atoms with Gasteiger partial charge < -0.3 is 10.1 Å². The third kappa shape index (κ3) is 4.64. The van der Waals surface area contributed by atoms with Gasteiger partial charge in [0, 0.05) is 16.6 Å². The molecule has 1 heterocycles. The fourth-order valence-electron chi connectivity index (χ4n) is 3.46. The van der Waals surface area contributed by atoms with E-state index in [1.54, 1.807) is 36.4 Å². The van der Waals surface area contributed by atoms with Crippen LogP contribution in [0.25, 0.3) is 22.2 Å². The smallest absolute Gasteiger partial charge is 0.339 e. The van der Waals surface area contributed by atoms with E-state index in [4.69, 9.17) is 4.74 Å². The summed E-state index contributed by atoms with van der Waals surface area (Å²) in [6, 6.07) is 22.1. The number of rotatable bonds is 6. The number of aromatic nitrogens is 1. The Morgan fingerprint density at radius 1 is 0.969 bits per heavy atom. The van der Waals surface area contributed by atoms with Crippen molar-refractivity contribution in [3.05, 3.63) is 95.8 Å². The van der Waals surface area contributed by atoms with Crippen LogP contribution in [0, 0.1) is 5.82 Å². The molecule has 0 bridgehead atoms. The number of benzene rings is 3. The lowest BCUT2D eigenvalue weighted by Gasteiger charge is -2.12. The molecule has 0 atom stereocenters. The molecule has 32 heavy (non-hydrogen) atoms. The fraction of sp³-hybridized carbons (Fsp3) is 0.115. The normalized spacial score (nSPS) is 10.7. The van der Waals surface area contributed by atoms with Gasteiger partial charge in [0.05, 0.1) is 16.8 Å². The SMILES string of the molecule is CCc1ccccc1NC(=O)COC(=O)c1cc(-c2ccc(F)cc2)nc2ccccc12. The molecule has 1 amide bonds. The van der Waals surface area contributed by atoms with Gasteiger partial charge in [-0.05, 0) is 54.4 Å². The number of hydrogen-bond acceptors (Lipinski definition) is 4. The molecule has 0 spiro atoms. The lowest BCUT2D eigenvalue weighted by atomic mass is 10.0. The number of hydrogen-bond donors (Lipinski definition) is 1.